The molecule has 1 unspecified atom stereocenters. The zero-order valence-electron chi connectivity index (χ0n) is 12.4. The van der Waals surface area contributed by atoms with Crippen LogP contribution in [-0.2, 0) is 6.54 Å². The van der Waals surface area contributed by atoms with Gasteiger partial charge in [0.15, 0.2) is 0 Å². The molecule has 1 aromatic rings. The Morgan fingerprint density at radius 1 is 1.40 bits per heavy atom. The maximum Gasteiger partial charge on any atom is 0.283 e. The predicted octanol–water partition coefficient (Wildman–Crippen LogP) is 4.76. The van der Waals surface area contributed by atoms with Crippen LogP contribution in [0.25, 0.3) is 0 Å². The Bertz CT molecular complexity index is 451. The lowest BCUT2D eigenvalue weighted by Crippen LogP contribution is -2.33. The van der Waals surface area contributed by atoms with Crippen molar-refractivity contribution >= 4 is 21.6 Å². The Balaban J connectivity index is 2.93. The molecule has 0 aromatic heterocycles. The number of unbranched alkanes of at least 4 members (excludes halogenated alkanes) is 1. The fourth-order valence-electron chi connectivity index (χ4n) is 2.12. The number of nitrogens with zero attached hydrogens (tertiary/aromatic N) is 2. The first-order chi connectivity index (χ1) is 9.51. The molecule has 0 saturated heterocycles. The van der Waals surface area contributed by atoms with Crippen LogP contribution in [0.3, 0.4) is 0 Å². The second-order valence-corrected chi connectivity index (χ2v) is 5.88. The molecule has 0 N–H and O–H groups in total. The molecule has 1 aromatic carbocycles. The van der Waals surface area contributed by atoms with Gasteiger partial charge in [-0.2, -0.15) is 0 Å². The quantitative estimate of drug-likeness (QED) is 0.505. The summed E-state index contributed by atoms with van der Waals surface area (Å²) in [6, 6.07) is 5.73. The lowest BCUT2D eigenvalue weighted by molar-refractivity contribution is -0.385. The second-order valence-electron chi connectivity index (χ2n) is 5.09. The normalized spacial score (nSPS) is 12.7. The van der Waals surface area contributed by atoms with Crippen molar-refractivity contribution < 1.29 is 4.92 Å². The first kappa shape index (κ1) is 17.1. The maximum atomic E-state index is 11.0. The average Bonchev–Trinajstić information content (AvgIpc) is 2.43. The van der Waals surface area contributed by atoms with Gasteiger partial charge in [-0.15, -0.1) is 0 Å². The third-order valence-corrected chi connectivity index (χ3v) is 4.56. The number of nitro groups is 1. The highest BCUT2D eigenvalue weighted by Gasteiger charge is 2.18. The van der Waals surface area contributed by atoms with Gasteiger partial charge in [0.25, 0.3) is 5.69 Å². The number of hydrogen-bond donors (Lipinski definition) is 0. The molecule has 1 atom stereocenters. The fourth-order valence-corrected chi connectivity index (χ4v) is 2.66. The monoisotopic (exact) mass is 342 g/mol. The Morgan fingerprint density at radius 3 is 2.65 bits per heavy atom. The molecular formula is C15H23BrN2O2. The van der Waals surface area contributed by atoms with E-state index in [0.29, 0.717) is 10.5 Å². The minimum absolute atomic E-state index is 0.141. The van der Waals surface area contributed by atoms with E-state index >= 15 is 0 Å². The van der Waals surface area contributed by atoms with Gasteiger partial charge in [-0.25, -0.2) is 0 Å². The van der Waals surface area contributed by atoms with Gasteiger partial charge in [0.2, 0.25) is 0 Å². The summed E-state index contributed by atoms with van der Waals surface area (Å²) in [6.07, 6.45) is 3.39. The van der Waals surface area contributed by atoms with Gasteiger partial charge in [0, 0.05) is 18.7 Å². The van der Waals surface area contributed by atoms with Crippen LogP contribution in [0, 0.1) is 10.1 Å². The van der Waals surface area contributed by atoms with E-state index in [-0.39, 0.29) is 10.6 Å². The van der Waals surface area contributed by atoms with E-state index in [1.807, 2.05) is 6.07 Å². The molecule has 0 aliphatic heterocycles. The SMILES string of the molecule is CCCCN(Cc1cccc([N+](=O)[O-])c1Br)C(C)CC. The van der Waals surface area contributed by atoms with Crippen molar-refractivity contribution in [3.8, 4) is 0 Å². The first-order valence-corrected chi connectivity index (χ1v) is 7.96. The highest BCUT2D eigenvalue weighted by molar-refractivity contribution is 9.10. The van der Waals surface area contributed by atoms with Crippen LogP contribution < -0.4 is 0 Å². The Morgan fingerprint density at radius 2 is 2.10 bits per heavy atom. The number of nitro benzene ring substituents is 1. The molecule has 0 heterocycles. The Kier molecular flexibility index (Phi) is 7.16. The third-order valence-electron chi connectivity index (χ3n) is 3.64. The van der Waals surface area contributed by atoms with Gasteiger partial charge in [-0.1, -0.05) is 32.4 Å². The van der Waals surface area contributed by atoms with Crippen molar-refractivity contribution in [1.29, 1.82) is 0 Å². The first-order valence-electron chi connectivity index (χ1n) is 7.17. The van der Waals surface area contributed by atoms with E-state index in [2.05, 4.69) is 41.6 Å². The summed E-state index contributed by atoms with van der Waals surface area (Å²) >= 11 is 3.38. The van der Waals surface area contributed by atoms with Gasteiger partial charge in [0.1, 0.15) is 0 Å². The second kappa shape index (κ2) is 8.37. The molecule has 0 fully saturated rings. The van der Waals surface area contributed by atoms with Crippen LogP contribution in [0.4, 0.5) is 5.69 Å². The number of benzene rings is 1. The van der Waals surface area contributed by atoms with Crippen LogP contribution in [0.2, 0.25) is 0 Å². The molecule has 0 saturated carbocycles. The summed E-state index contributed by atoms with van der Waals surface area (Å²) in [7, 11) is 0. The minimum atomic E-state index is -0.340. The summed E-state index contributed by atoms with van der Waals surface area (Å²) in [6.45, 7) is 8.34. The van der Waals surface area contributed by atoms with E-state index in [1.54, 1.807) is 6.07 Å². The smallest absolute Gasteiger partial charge is 0.283 e. The molecule has 1 rings (SSSR count). The maximum absolute atomic E-state index is 11.0. The van der Waals surface area contributed by atoms with E-state index in [1.165, 1.54) is 6.07 Å². The molecule has 4 nitrogen and oxygen atoms in total. The summed E-state index contributed by atoms with van der Waals surface area (Å²) in [5.41, 5.74) is 1.12. The number of halogens is 1. The molecule has 20 heavy (non-hydrogen) atoms. The van der Waals surface area contributed by atoms with Crippen LogP contribution in [0.15, 0.2) is 22.7 Å². The third kappa shape index (κ3) is 4.56. The molecular weight excluding hydrogens is 320 g/mol. The average molecular weight is 343 g/mol. The number of hydrogen-bond acceptors (Lipinski definition) is 3. The van der Waals surface area contributed by atoms with Gasteiger partial charge in [-0.3, -0.25) is 15.0 Å². The molecule has 0 amide bonds. The van der Waals surface area contributed by atoms with Crippen molar-refractivity contribution in [2.45, 2.75) is 52.6 Å². The van der Waals surface area contributed by atoms with Crippen LogP contribution in [0.1, 0.15) is 45.6 Å². The standard InChI is InChI=1S/C15H23BrN2O2/c1-4-6-10-17(12(3)5-2)11-13-8-7-9-14(15(13)16)18(19)20/h7-9,12H,4-6,10-11H2,1-3H3. The largest absolute Gasteiger partial charge is 0.296 e. The lowest BCUT2D eigenvalue weighted by Gasteiger charge is -2.28. The predicted molar refractivity (Wildman–Crippen MR) is 85.9 cm³/mol. The Hall–Kier alpha value is -0.940. The van der Waals surface area contributed by atoms with Crippen molar-refractivity contribution in [3.05, 3.63) is 38.3 Å². The summed E-state index contributed by atoms with van der Waals surface area (Å²) < 4.78 is 0.606. The van der Waals surface area contributed by atoms with E-state index in [9.17, 15) is 10.1 Å². The van der Waals surface area contributed by atoms with Gasteiger partial charge < -0.3 is 0 Å². The van der Waals surface area contributed by atoms with E-state index < -0.39 is 0 Å². The minimum Gasteiger partial charge on any atom is -0.296 e. The van der Waals surface area contributed by atoms with Crippen molar-refractivity contribution in [2.24, 2.45) is 0 Å². The highest BCUT2D eigenvalue weighted by atomic mass is 79.9. The molecule has 0 aliphatic carbocycles. The molecule has 0 bridgehead atoms. The fraction of sp³-hybridized carbons (Fsp3) is 0.600. The van der Waals surface area contributed by atoms with Gasteiger partial charge in [0.05, 0.1) is 9.40 Å². The molecule has 0 radical (unpaired) electrons. The van der Waals surface area contributed by atoms with E-state index in [0.717, 1.165) is 37.9 Å². The molecule has 0 aliphatic rings. The van der Waals surface area contributed by atoms with Crippen molar-refractivity contribution in [1.82, 2.24) is 4.90 Å². The number of rotatable bonds is 8. The van der Waals surface area contributed by atoms with Crippen molar-refractivity contribution in [3.63, 3.8) is 0 Å². The summed E-state index contributed by atoms with van der Waals surface area (Å²) in [5, 5.41) is 11.0. The topological polar surface area (TPSA) is 46.4 Å². The summed E-state index contributed by atoms with van der Waals surface area (Å²) in [5.74, 6) is 0. The highest BCUT2D eigenvalue weighted by Crippen LogP contribution is 2.29. The Labute approximate surface area is 129 Å². The van der Waals surface area contributed by atoms with Crippen molar-refractivity contribution in [2.75, 3.05) is 6.54 Å². The van der Waals surface area contributed by atoms with Gasteiger partial charge in [-0.05, 0) is 47.8 Å². The zero-order chi connectivity index (χ0) is 15.1. The van der Waals surface area contributed by atoms with Crippen LogP contribution in [0.5, 0.6) is 0 Å². The van der Waals surface area contributed by atoms with Gasteiger partial charge >= 0.3 is 0 Å². The molecule has 0 spiro atoms. The molecule has 112 valence electrons. The molecule has 5 heteroatoms. The lowest BCUT2D eigenvalue weighted by atomic mass is 10.1. The van der Waals surface area contributed by atoms with E-state index in [4.69, 9.17) is 0 Å². The van der Waals surface area contributed by atoms with Crippen LogP contribution >= 0.6 is 15.9 Å². The van der Waals surface area contributed by atoms with Crippen LogP contribution in [-0.4, -0.2) is 22.4 Å². The summed E-state index contributed by atoms with van der Waals surface area (Å²) in [4.78, 5) is 13.0. The zero-order valence-corrected chi connectivity index (χ0v) is 14.0.